The highest BCUT2D eigenvalue weighted by Crippen LogP contribution is 2.34. The fourth-order valence-electron chi connectivity index (χ4n) is 2.51. The third-order valence-electron chi connectivity index (χ3n) is 3.59. The van der Waals surface area contributed by atoms with E-state index in [-0.39, 0.29) is 11.4 Å². The molecule has 2 aromatic heterocycles. The van der Waals surface area contributed by atoms with Gasteiger partial charge in [-0.3, -0.25) is 4.79 Å². The van der Waals surface area contributed by atoms with Crippen molar-refractivity contribution in [3.05, 3.63) is 26.6 Å². The Bertz CT molecular complexity index is 751. The molecule has 3 rings (SSSR count). The lowest BCUT2D eigenvalue weighted by Crippen LogP contribution is -2.16. The molecule has 0 radical (unpaired) electrons. The number of carboxylic acid groups (broad SMARTS) is 1. The summed E-state index contributed by atoms with van der Waals surface area (Å²) in [6.07, 6.45) is 4.04. The van der Waals surface area contributed by atoms with Gasteiger partial charge in [-0.15, -0.1) is 11.3 Å². The van der Waals surface area contributed by atoms with Gasteiger partial charge < -0.3 is 20.7 Å². The third-order valence-corrected chi connectivity index (χ3v) is 4.77. The van der Waals surface area contributed by atoms with Crippen LogP contribution >= 0.6 is 11.3 Å². The van der Waals surface area contributed by atoms with Crippen molar-refractivity contribution in [2.45, 2.75) is 25.7 Å². The highest BCUT2D eigenvalue weighted by atomic mass is 32.1. The Kier molecular flexibility index (Phi) is 5.86. The monoisotopic (exact) mass is 338 g/mol. The van der Waals surface area contributed by atoms with E-state index in [0.717, 1.165) is 44.3 Å². The summed E-state index contributed by atoms with van der Waals surface area (Å²) in [6, 6.07) is 0. The average Bonchev–Trinajstić information content (AvgIpc) is 3.05. The predicted octanol–water partition coefficient (Wildman–Crippen LogP) is 1.07. The van der Waals surface area contributed by atoms with E-state index in [2.05, 4.69) is 29.0 Å². The number of nitrogens with zero attached hydrogens (tertiary/aromatic N) is 2. The van der Waals surface area contributed by atoms with E-state index in [1.54, 1.807) is 0 Å². The summed E-state index contributed by atoms with van der Waals surface area (Å²) in [6.45, 7) is 1.91. The predicted molar refractivity (Wildman–Crippen MR) is 91.5 cm³/mol. The second-order valence-electron chi connectivity index (χ2n) is 5.70. The van der Waals surface area contributed by atoms with Gasteiger partial charge in [0.25, 0.3) is 5.56 Å². The standard InChI is InChI=1S/C10H8N2O3S.C5H14N2/c13-8-6-4-2-1-3-5(4)16-9(6)12-7(11-8)10(14)15;1-7(2)5-3-4-6/h1-3H2,(H,14,15)(H,11,12,13);3-6H2,1-2H3. The molecule has 0 saturated carbocycles. The maximum Gasteiger partial charge on any atom is 0.372 e. The molecule has 7 nitrogen and oxygen atoms in total. The van der Waals surface area contributed by atoms with Crippen LogP contribution in [0.4, 0.5) is 0 Å². The number of H-pyrrole nitrogens is 1. The van der Waals surface area contributed by atoms with E-state index < -0.39 is 5.97 Å². The number of rotatable bonds is 4. The van der Waals surface area contributed by atoms with E-state index >= 15 is 0 Å². The summed E-state index contributed by atoms with van der Waals surface area (Å²) in [5, 5.41) is 9.37. The Morgan fingerprint density at radius 1 is 1.43 bits per heavy atom. The molecule has 126 valence electrons. The summed E-state index contributed by atoms with van der Waals surface area (Å²) in [5.74, 6) is -1.48. The SMILES string of the molecule is CN(C)CCCN.O=C(O)c1nc2sc3c(c2c(=O)[nH]1)CCC3. The highest BCUT2D eigenvalue weighted by Gasteiger charge is 2.21. The highest BCUT2D eigenvalue weighted by molar-refractivity contribution is 7.18. The summed E-state index contributed by atoms with van der Waals surface area (Å²) in [7, 11) is 4.10. The number of fused-ring (bicyclic) bond motifs is 3. The quantitative estimate of drug-likeness (QED) is 0.769. The molecular formula is C15H22N4O3S. The number of aromatic carboxylic acids is 1. The first-order valence-electron chi connectivity index (χ1n) is 7.56. The Morgan fingerprint density at radius 2 is 2.17 bits per heavy atom. The minimum atomic E-state index is -1.20. The molecule has 0 amide bonds. The maximum absolute atomic E-state index is 11.8. The molecule has 1 aliphatic carbocycles. The largest absolute Gasteiger partial charge is 0.475 e. The minimum absolute atomic E-state index is 0.280. The molecule has 1 aliphatic rings. The van der Waals surface area contributed by atoms with E-state index in [1.807, 2.05) is 0 Å². The topological polar surface area (TPSA) is 112 Å². The molecule has 0 bridgehead atoms. The number of aromatic nitrogens is 2. The van der Waals surface area contributed by atoms with Crippen molar-refractivity contribution in [1.29, 1.82) is 0 Å². The number of thiophene rings is 1. The van der Waals surface area contributed by atoms with E-state index in [1.165, 1.54) is 16.2 Å². The van der Waals surface area contributed by atoms with Gasteiger partial charge in [-0.25, -0.2) is 9.78 Å². The van der Waals surface area contributed by atoms with Crippen molar-refractivity contribution in [3.63, 3.8) is 0 Å². The van der Waals surface area contributed by atoms with Crippen molar-refractivity contribution in [2.75, 3.05) is 27.2 Å². The van der Waals surface area contributed by atoms with Crippen LogP contribution in [0.15, 0.2) is 4.79 Å². The fraction of sp³-hybridized carbons (Fsp3) is 0.533. The number of hydrogen-bond donors (Lipinski definition) is 3. The van der Waals surface area contributed by atoms with Crippen LogP contribution < -0.4 is 11.3 Å². The van der Waals surface area contributed by atoms with Crippen LogP contribution in [0, 0.1) is 0 Å². The first-order chi connectivity index (χ1) is 10.9. The average molecular weight is 338 g/mol. The van der Waals surface area contributed by atoms with Crippen molar-refractivity contribution < 1.29 is 9.90 Å². The molecular weight excluding hydrogens is 316 g/mol. The van der Waals surface area contributed by atoms with Crippen LogP contribution in [0.25, 0.3) is 10.2 Å². The van der Waals surface area contributed by atoms with Gasteiger partial charge in [0.15, 0.2) is 0 Å². The molecule has 0 unspecified atom stereocenters. The van der Waals surface area contributed by atoms with Crippen LogP contribution in [-0.2, 0) is 12.8 Å². The molecule has 0 fully saturated rings. The van der Waals surface area contributed by atoms with Crippen LogP contribution in [0.1, 0.15) is 33.9 Å². The molecule has 2 aromatic rings. The lowest BCUT2D eigenvalue weighted by Gasteiger charge is -2.05. The van der Waals surface area contributed by atoms with Gasteiger partial charge in [0.05, 0.1) is 5.39 Å². The molecule has 0 aromatic carbocycles. The van der Waals surface area contributed by atoms with Gasteiger partial charge in [0.1, 0.15) is 4.83 Å². The number of nitrogens with two attached hydrogens (primary N) is 1. The van der Waals surface area contributed by atoms with Crippen molar-refractivity contribution in [2.24, 2.45) is 5.73 Å². The molecule has 8 heteroatoms. The Hall–Kier alpha value is -1.77. The smallest absolute Gasteiger partial charge is 0.372 e. The van der Waals surface area contributed by atoms with Crippen LogP contribution in [0.3, 0.4) is 0 Å². The molecule has 23 heavy (non-hydrogen) atoms. The van der Waals surface area contributed by atoms with Crippen molar-refractivity contribution >= 4 is 27.5 Å². The minimum Gasteiger partial charge on any atom is -0.475 e. The summed E-state index contributed by atoms with van der Waals surface area (Å²) in [5.41, 5.74) is 5.98. The number of carbonyl (C=O) groups is 1. The van der Waals surface area contributed by atoms with Crippen LogP contribution in [0.5, 0.6) is 0 Å². The third kappa shape index (κ3) is 4.15. The Balaban J connectivity index is 0.000000236. The summed E-state index contributed by atoms with van der Waals surface area (Å²) < 4.78 is 0. The molecule has 0 aliphatic heterocycles. The van der Waals surface area contributed by atoms with E-state index in [9.17, 15) is 9.59 Å². The second kappa shape index (κ2) is 7.67. The van der Waals surface area contributed by atoms with Gasteiger partial charge in [0, 0.05) is 4.88 Å². The molecule has 0 spiro atoms. The normalized spacial score (nSPS) is 13.0. The number of carboxylic acids is 1. The first kappa shape index (κ1) is 17.6. The lowest BCUT2D eigenvalue weighted by atomic mass is 10.2. The molecule has 0 atom stereocenters. The molecule has 0 saturated heterocycles. The van der Waals surface area contributed by atoms with Crippen molar-refractivity contribution in [1.82, 2.24) is 14.9 Å². The van der Waals surface area contributed by atoms with E-state index in [4.69, 9.17) is 10.8 Å². The second-order valence-corrected chi connectivity index (χ2v) is 6.79. The van der Waals surface area contributed by atoms with Crippen LogP contribution in [-0.4, -0.2) is 53.1 Å². The van der Waals surface area contributed by atoms with Gasteiger partial charge in [0.2, 0.25) is 5.82 Å². The summed E-state index contributed by atoms with van der Waals surface area (Å²) >= 11 is 1.44. The number of hydrogen-bond acceptors (Lipinski definition) is 6. The molecule has 2 heterocycles. The number of nitrogens with one attached hydrogen (secondary N) is 1. The zero-order valence-corrected chi connectivity index (χ0v) is 14.2. The van der Waals surface area contributed by atoms with Gasteiger partial charge in [-0.1, -0.05) is 0 Å². The van der Waals surface area contributed by atoms with Gasteiger partial charge in [-0.05, 0) is 58.4 Å². The molecule has 4 N–H and O–H groups in total. The number of aromatic amines is 1. The van der Waals surface area contributed by atoms with Crippen molar-refractivity contribution in [3.8, 4) is 0 Å². The Morgan fingerprint density at radius 3 is 2.74 bits per heavy atom. The summed E-state index contributed by atoms with van der Waals surface area (Å²) in [4.78, 5) is 32.6. The van der Waals surface area contributed by atoms with Gasteiger partial charge in [-0.2, -0.15) is 0 Å². The zero-order valence-electron chi connectivity index (χ0n) is 13.4. The number of aryl methyl sites for hydroxylation is 2. The van der Waals surface area contributed by atoms with Crippen LogP contribution in [0.2, 0.25) is 0 Å². The van der Waals surface area contributed by atoms with E-state index in [0.29, 0.717) is 10.2 Å². The fourth-order valence-corrected chi connectivity index (χ4v) is 3.77. The van der Waals surface area contributed by atoms with Gasteiger partial charge >= 0.3 is 5.97 Å². The maximum atomic E-state index is 11.8. The Labute approximate surface area is 138 Å². The first-order valence-corrected chi connectivity index (χ1v) is 8.38. The lowest BCUT2D eigenvalue weighted by molar-refractivity contribution is 0.0683. The zero-order chi connectivity index (χ0) is 17.0.